The summed E-state index contributed by atoms with van der Waals surface area (Å²) in [4.78, 5) is 10.8. The van der Waals surface area contributed by atoms with Gasteiger partial charge in [0, 0.05) is 6.54 Å². The molecule has 0 radical (unpaired) electrons. The molecular weight excluding hydrogens is 243 g/mol. The van der Waals surface area contributed by atoms with Gasteiger partial charge < -0.3 is 5.32 Å². The number of carbonyl (C=O) groups is 1. The van der Waals surface area contributed by atoms with Gasteiger partial charge in [-0.25, -0.2) is 13.2 Å². The lowest BCUT2D eigenvalue weighted by Gasteiger charge is -2.06. The molecule has 6 heteroatoms. The Morgan fingerprint density at radius 2 is 2.12 bits per heavy atom. The van der Waals surface area contributed by atoms with Gasteiger partial charge in [0.1, 0.15) is 11.7 Å². The second-order valence-electron chi connectivity index (χ2n) is 3.07. The van der Waals surface area contributed by atoms with E-state index < -0.39 is 23.7 Å². The number of carbonyl (C=O) groups excluding carboxylic acids is 1. The molecule has 0 aliphatic rings. The fourth-order valence-corrected chi connectivity index (χ4v) is 1.20. The van der Waals surface area contributed by atoms with E-state index >= 15 is 0 Å². The Balaban J connectivity index is 2.70. The number of alkyl halides is 3. The van der Waals surface area contributed by atoms with Crippen molar-refractivity contribution in [3.63, 3.8) is 0 Å². The van der Waals surface area contributed by atoms with E-state index in [2.05, 4.69) is 5.32 Å². The van der Waals surface area contributed by atoms with Crippen molar-refractivity contribution in [2.45, 2.75) is 13.0 Å². The predicted molar refractivity (Wildman–Crippen MR) is 53.9 cm³/mol. The third kappa shape index (κ3) is 3.41. The van der Waals surface area contributed by atoms with E-state index in [-0.39, 0.29) is 12.4 Å². The van der Waals surface area contributed by atoms with Gasteiger partial charge in [0.05, 0.1) is 5.56 Å². The maximum absolute atomic E-state index is 13.1. The second kappa shape index (κ2) is 5.75. The molecule has 0 atom stereocenters. The lowest BCUT2D eigenvalue weighted by molar-refractivity contribution is -0.118. The van der Waals surface area contributed by atoms with E-state index in [0.717, 1.165) is 12.1 Å². The molecule has 0 spiro atoms. The first-order valence-corrected chi connectivity index (χ1v) is 4.97. The summed E-state index contributed by atoms with van der Waals surface area (Å²) in [6.45, 7) is 0.0615. The zero-order chi connectivity index (χ0) is 12.1. The van der Waals surface area contributed by atoms with Gasteiger partial charge in [0.2, 0.25) is 5.91 Å². The number of nitrogens with one attached hydrogen (secondary N) is 1. The van der Waals surface area contributed by atoms with Gasteiger partial charge in [0.25, 0.3) is 6.43 Å². The van der Waals surface area contributed by atoms with Crippen LogP contribution in [0.3, 0.4) is 0 Å². The van der Waals surface area contributed by atoms with Gasteiger partial charge in [-0.1, -0.05) is 12.1 Å². The van der Waals surface area contributed by atoms with Crippen LogP contribution in [0.1, 0.15) is 17.6 Å². The number of amides is 1. The van der Waals surface area contributed by atoms with E-state index in [4.69, 9.17) is 11.6 Å². The Morgan fingerprint density at radius 1 is 1.44 bits per heavy atom. The van der Waals surface area contributed by atoms with Crippen molar-refractivity contribution in [1.82, 2.24) is 5.32 Å². The van der Waals surface area contributed by atoms with Gasteiger partial charge in [-0.2, -0.15) is 0 Å². The molecule has 0 saturated carbocycles. The molecule has 0 aromatic heterocycles. The van der Waals surface area contributed by atoms with Crippen molar-refractivity contribution in [2.24, 2.45) is 0 Å². The number of halogens is 4. The van der Waals surface area contributed by atoms with E-state index in [1.807, 2.05) is 0 Å². The zero-order valence-electron chi connectivity index (χ0n) is 8.14. The largest absolute Gasteiger partial charge is 0.351 e. The van der Waals surface area contributed by atoms with E-state index in [1.54, 1.807) is 0 Å². The predicted octanol–water partition coefficient (Wildman–Crippen LogP) is 2.62. The highest BCUT2D eigenvalue weighted by Crippen LogP contribution is 2.22. The van der Waals surface area contributed by atoms with Crippen LogP contribution in [0.4, 0.5) is 13.2 Å². The van der Waals surface area contributed by atoms with Crippen LogP contribution in [-0.4, -0.2) is 11.8 Å². The number of hydrogen-bond acceptors (Lipinski definition) is 1. The Kier molecular flexibility index (Phi) is 4.61. The summed E-state index contributed by atoms with van der Waals surface area (Å²) >= 11 is 5.23. The lowest BCUT2D eigenvalue weighted by atomic mass is 10.1. The van der Waals surface area contributed by atoms with Crippen molar-refractivity contribution >= 4 is 17.5 Å². The molecule has 0 saturated heterocycles. The highest BCUT2D eigenvalue weighted by atomic mass is 35.5. The van der Waals surface area contributed by atoms with Crippen LogP contribution in [0.25, 0.3) is 0 Å². The quantitative estimate of drug-likeness (QED) is 0.819. The summed E-state index contributed by atoms with van der Waals surface area (Å²) in [5.41, 5.74) is -0.243. The van der Waals surface area contributed by atoms with Crippen LogP contribution in [0, 0.1) is 5.82 Å². The van der Waals surface area contributed by atoms with E-state index in [1.165, 1.54) is 6.07 Å². The molecule has 88 valence electrons. The number of benzene rings is 1. The van der Waals surface area contributed by atoms with Gasteiger partial charge in [-0.15, -0.1) is 11.6 Å². The van der Waals surface area contributed by atoms with Gasteiger partial charge in [-0.3, -0.25) is 4.79 Å². The smallest absolute Gasteiger partial charge is 0.266 e. The third-order valence-corrected chi connectivity index (χ3v) is 2.15. The average Bonchev–Trinajstić information content (AvgIpc) is 2.25. The van der Waals surface area contributed by atoms with Gasteiger partial charge in [0.15, 0.2) is 0 Å². The highest BCUT2D eigenvalue weighted by molar-refractivity contribution is 6.27. The van der Waals surface area contributed by atoms with Crippen molar-refractivity contribution in [2.75, 3.05) is 5.88 Å². The third-order valence-electron chi connectivity index (χ3n) is 1.91. The van der Waals surface area contributed by atoms with Crippen LogP contribution in [0.15, 0.2) is 18.2 Å². The van der Waals surface area contributed by atoms with Crippen molar-refractivity contribution in [3.8, 4) is 0 Å². The molecule has 2 nitrogen and oxygen atoms in total. The summed E-state index contributed by atoms with van der Waals surface area (Å²) in [5.74, 6) is -1.58. The monoisotopic (exact) mass is 251 g/mol. The average molecular weight is 252 g/mol. The summed E-state index contributed by atoms with van der Waals surface area (Å²) in [5, 5.41) is 2.40. The fraction of sp³-hybridized carbons (Fsp3) is 0.300. The minimum absolute atomic E-state index is 0.0615. The molecule has 0 fully saturated rings. The fourth-order valence-electron chi connectivity index (χ4n) is 1.11. The van der Waals surface area contributed by atoms with Crippen molar-refractivity contribution in [3.05, 3.63) is 35.1 Å². The molecule has 0 bridgehead atoms. The first-order chi connectivity index (χ1) is 7.54. The van der Waals surface area contributed by atoms with Crippen LogP contribution >= 0.6 is 11.6 Å². The maximum atomic E-state index is 13.1. The topological polar surface area (TPSA) is 29.1 Å². The summed E-state index contributed by atoms with van der Waals surface area (Å²) in [7, 11) is 0. The van der Waals surface area contributed by atoms with E-state index in [0.29, 0.717) is 5.56 Å². The first kappa shape index (κ1) is 12.8. The highest BCUT2D eigenvalue weighted by Gasteiger charge is 2.13. The molecule has 1 aromatic carbocycles. The molecule has 0 aliphatic carbocycles. The lowest BCUT2D eigenvalue weighted by Crippen LogP contribution is -2.23. The maximum Gasteiger partial charge on any atom is 0.266 e. The Bertz CT molecular complexity index is 384. The molecule has 0 unspecified atom stereocenters. The van der Waals surface area contributed by atoms with Crippen LogP contribution in [-0.2, 0) is 11.3 Å². The molecule has 1 amide bonds. The summed E-state index contributed by atoms with van der Waals surface area (Å²) in [6, 6.07) is 3.30. The molecule has 1 aromatic rings. The minimum atomic E-state index is -2.84. The molecule has 0 heterocycles. The molecule has 16 heavy (non-hydrogen) atoms. The normalized spacial score (nSPS) is 10.6. The van der Waals surface area contributed by atoms with Crippen LogP contribution in [0.2, 0.25) is 0 Å². The molecule has 1 rings (SSSR count). The Labute approximate surface area is 95.4 Å². The van der Waals surface area contributed by atoms with Gasteiger partial charge >= 0.3 is 0 Å². The SMILES string of the molecule is O=C(CCl)NCc1ccc(C(F)F)c(F)c1. The van der Waals surface area contributed by atoms with Crippen LogP contribution < -0.4 is 5.32 Å². The number of hydrogen-bond donors (Lipinski definition) is 1. The van der Waals surface area contributed by atoms with Crippen molar-refractivity contribution < 1.29 is 18.0 Å². The molecule has 1 N–H and O–H groups in total. The van der Waals surface area contributed by atoms with Crippen LogP contribution in [0.5, 0.6) is 0 Å². The second-order valence-corrected chi connectivity index (χ2v) is 3.33. The molecular formula is C10H9ClF3NO. The molecule has 0 aliphatic heterocycles. The van der Waals surface area contributed by atoms with Crippen molar-refractivity contribution in [1.29, 1.82) is 0 Å². The number of rotatable bonds is 4. The summed E-state index contributed by atoms with van der Waals surface area (Å²) < 4.78 is 37.5. The van der Waals surface area contributed by atoms with E-state index in [9.17, 15) is 18.0 Å². The Morgan fingerprint density at radius 3 is 2.62 bits per heavy atom. The first-order valence-electron chi connectivity index (χ1n) is 4.43. The zero-order valence-corrected chi connectivity index (χ0v) is 8.90. The van der Waals surface area contributed by atoms with Gasteiger partial charge in [-0.05, 0) is 11.6 Å². The Hall–Kier alpha value is -1.23. The minimum Gasteiger partial charge on any atom is -0.351 e. The summed E-state index contributed by atoms with van der Waals surface area (Å²) in [6.07, 6.45) is -2.84. The standard InChI is InChI=1S/C10H9ClF3NO/c11-4-9(16)15-5-6-1-2-7(10(13)14)8(12)3-6/h1-3,10H,4-5H2,(H,15,16).